The Kier molecular flexibility index (Phi) is 10.1. The summed E-state index contributed by atoms with van der Waals surface area (Å²) in [6.07, 6.45) is 2.43. The van der Waals surface area contributed by atoms with Gasteiger partial charge in [-0.3, -0.25) is 4.31 Å². The molecular formula is C28H34ClN7O5S. The number of anilines is 2. The Morgan fingerprint density at radius 1 is 1.10 bits per heavy atom. The van der Waals surface area contributed by atoms with Crippen molar-refractivity contribution in [2.24, 2.45) is 5.92 Å². The first-order chi connectivity index (χ1) is 20.0. The van der Waals surface area contributed by atoms with Crippen LogP contribution in [0.5, 0.6) is 6.01 Å². The molecule has 0 unspecified atom stereocenters. The number of carbonyl (C=O) groups excluding carboxylic acids is 1. The summed E-state index contributed by atoms with van der Waals surface area (Å²) >= 11 is 5.90. The first kappa shape index (κ1) is 30.8. The highest BCUT2D eigenvalue weighted by atomic mass is 35.5. The van der Waals surface area contributed by atoms with Gasteiger partial charge in [-0.25, -0.2) is 18.2 Å². The van der Waals surface area contributed by atoms with Gasteiger partial charge < -0.3 is 25.1 Å². The maximum atomic E-state index is 13.0. The molecule has 4 rings (SSSR count). The van der Waals surface area contributed by atoms with E-state index in [1.807, 2.05) is 18.4 Å². The molecule has 224 valence electrons. The van der Waals surface area contributed by atoms with Gasteiger partial charge in [0.15, 0.2) is 11.5 Å². The minimum atomic E-state index is -3.76. The van der Waals surface area contributed by atoms with Gasteiger partial charge in [0.2, 0.25) is 0 Å². The summed E-state index contributed by atoms with van der Waals surface area (Å²) in [5.41, 5.74) is 8.34. The summed E-state index contributed by atoms with van der Waals surface area (Å²) in [6.45, 7) is 5.57. The van der Waals surface area contributed by atoms with Gasteiger partial charge in [-0.15, -0.1) is 0 Å². The van der Waals surface area contributed by atoms with E-state index in [-0.39, 0.29) is 29.9 Å². The number of ether oxygens (including phenoxy) is 2. The van der Waals surface area contributed by atoms with Crippen LogP contribution in [0, 0.1) is 5.92 Å². The summed E-state index contributed by atoms with van der Waals surface area (Å²) < 4.78 is 39.9. The van der Waals surface area contributed by atoms with Crippen molar-refractivity contribution in [3.05, 3.63) is 65.4 Å². The van der Waals surface area contributed by atoms with Crippen LogP contribution in [0.25, 0.3) is 11.2 Å². The molecule has 0 radical (unpaired) electrons. The number of halogens is 1. The maximum Gasteiger partial charge on any atom is 0.407 e. The number of imidazole rings is 1. The average Bonchev–Trinajstić information content (AvgIpc) is 3.38. The van der Waals surface area contributed by atoms with E-state index in [0.29, 0.717) is 53.8 Å². The summed E-state index contributed by atoms with van der Waals surface area (Å²) in [5.74, 6) is 0.588. The molecule has 0 saturated carbocycles. The smallest absolute Gasteiger partial charge is 0.407 e. The van der Waals surface area contributed by atoms with E-state index in [2.05, 4.69) is 20.3 Å². The van der Waals surface area contributed by atoms with Gasteiger partial charge in [-0.05, 0) is 60.7 Å². The molecule has 4 aromatic rings. The van der Waals surface area contributed by atoms with E-state index in [0.717, 1.165) is 5.56 Å². The fourth-order valence-corrected chi connectivity index (χ4v) is 5.24. The van der Waals surface area contributed by atoms with Crippen LogP contribution in [0.15, 0.2) is 59.8 Å². The zero-order chi connectivity index (χ0) is 30.3. The zero-order valence-corrected chi connectivity index (χ0v) is 25.2. The lowest BCUT2D eigenvalue weighted by molar-refractivity contribution is 0.143. The summed E-state index contributed by atoms with van der Waals surface area (Å²) in [4.78, 5) is 25.2. The molecule has 14 heteroatoms. The van der Waals surface area contributed by atoms with E-state index in [1.54, 1.807) is 42.7 Å². The molecule has 0 saturated heterocycles. The van der Waals surface area contributed by atoms with Crippen molar-refractivity contribution in [3.63, 3.8) is 0 Å². The number of aryl methyl sites for hydroxylation is 1. The monoisotopic (exact) mass is 615 g/mol. The molecule has 0 fully saturated rings. The molecule has 2 aromatic carbocycles. The number of hydrogen-bond donors (Lipinski definition) is 2. The second-order valence-electron chi connectivity index (χ2n) is 10.00. The topological polar surface area (TPSA) is 155 Å². The number of hydrogen-bond acceptors (Lipinski definition) is 9. The van der Waals surface area contributed by atoms with Crippen LogP contribution in [0.2, 0.25) is 5.02 Å². The fraction of sp³-hybridized carbons (Fsp3) is 0.357. The van der Waals surface area contributed by atoms with Crippen molar-refractivity contribution in [2.75, 3.05) is 30.3 Å². The molecule has 0 spiro atoms. The van der Waals surface area contributed by atoms with Crippen LogP contribution in [0.3, 0.4) is 0 Å². The van der Waals surface area contributed by atoms with E-state index in [1.165, 1.54) is 23.5 Å². The molecule has 2 aromatic heterocycles. The number of nitrogens with zero attached hydrogens (tertiary/aromatic N) is 5. The van der Waals surface area contributed by atoms with Crippen LogP contribution >= 0.6 is 11.6 Å². The highest BCUT2D eigenvalue weighted by Gasteiger charge is 2.21. The predicted molar refractivity (Wildman–Crippen MR) is 161 cm³/mol. The third-order valence-corrected chi connectivity index (χ3v) is 8.30. The van der Waals surface area contributed by atoms with E-state index in [4.69, 9.17) is 26.8 Å². The van der Waals surface area contributed by atoms with Crippen LogP contribution in [-0.4, -0.2) is 54.3 Å². The summed E-state index contributed by atoms with van der Waals surface area (Å²) in [5, 5.41) is 3.20. The molecule has 0 bridgehead atoms. The van der Waals surface area contributed by atoms with Crippen molar-refractivity contribution < 1.29 is 22.7 Å². The molecule has 42 heavy (non-hydrogen) atoms. The molecule has 2 heterocycles. The Hall–Kier alpha value is -4.10. The maximum absolute atomic E-state index is 13.0. The van der Waals surface area contributed by atoms with Gasteiger partial charge in [-0.2, -0.15) is 9.97 Å². The van der Waals surface area contributed by atoms with Gasteiger partial charge >= 0.3 is 12.1 Å². The number of benzene rings is 2. The van der Waals surface area contributed by atoms with E-state index < -0.39 is 16.1 Å². The lowest BCUT2D eigenvalue weighted by Gasteiger charge is -2.19. The largest absolute Gasteiger partial charge is 0.463 e. The van der Waals surface area contributed by atoms with Crippen molar-refractivity contribution in [2.45, 2.75) is 44.7 Å². The Morgan fingerprint density at radius 2 is 1.81 bits per heavy atom. The molecule has 0 aliphatic carbocycles. The number of aromatic nitrogens is 4. The quantitative estimate of drug-likeness (QED) is 0.205. The Labute approximate surface area is 249 Å². The Morgan fingerprint density at radius 3 is 2.50 bits per heavy atom. The second-order valence-corrected chi connectivity index (χ2v) is 12.4. The molecule has 0 aliphatic rings. The highest BCUT2D eigenvalue weighted by Crippen LogP contribution is 2.24. The summed E-state index contributed by atoms with van der Waals surface area (Å²) in [7, 11) is -2.28. The number of rotatable bonds is 13. The van der Waals surface area contributed by atoms with Crippen molar-refractivity contribution in [1.29, 1.82) is 0 Å². The van der Waals surface area contributed by atoms with Gasteiger partial charge in [0.25, 0.3) is 10.0 Å². The number of unbranched alkanes of at least 4 members (excludes halogenated alkanes) is 1. The number of alkyl carbamates (subject to hydrolysis) is 1. The predicted octanol–water partition coefficient (Wildman–Crippen LogP) is 4.63. The standard InChI is InChI=1S/C28H34ClN7O5S/c1-19(2)17-41-27-33-25(30)24-26(34-27)36(18-32-24)14-4-5-15-40-28(37)31-16-20-6-12-23(13-7-20)42(38,39)35(3)22-10-8-21(29)9-11-22/h6-13,18-19H,4-5,14-17H2,1-3H3,(H,31,37)(H2,30,33,34). The first-order valence-electron chi connectivity index (χ1n) is 13.4. The number of nitrogen functional groups attached to an aromatic ring is 1. The van der Waals surface area contributed by atoms with Crippen molar-refractivity contribution in [3.8, 4) is 6.01 Å². The number of nitrogens with one attached hydrogen (secondary N) is 1. The number of sulfonamides is 1. The highest BCUT2D eigenvalue weighted by molar-refractivity contribution is 7.92. The first-order valence-corrected chi connectivity index (χ1v) is 15.2. The zero-order valence-electron chi connectivity index (χ0n) is 23.7. The normalized spacial score (nSPS) is 11.5. The van der Waals surface area contributed by atoms with Crippen LogP contribution in [-0.2, 0) is 27.8 Å². The number of amides is 1. The van der Waals surface area contributed by atoms with Crippen molar-refractivity contribution in [1.82, 2.24) is 24.8 Å². The number of fused-ring (bicyclic) bond motifs is 1. The molecule has 0 atom stereocenters. The minimum Gasteiger partial charge on any atom is -0.463 e. The van der Waals surface area contributed by atoms with Crippen LogP contribution in [0.4, 0.5) is 16.3 Å². The number of nitrogens with two attached hydrogens (primary N) is 1. The lowest BCUT2D eigenvalue weighted by atomic mass is 10.2. The fourth-order valence-electron chi connectivity index (χ4n) is 3.92. The van der Waals surface area contributed by atoms with Crippen molar-refractivity contribution >= 4 is 50.4 Å². The average molecular weight is 616 g/mol. The van der Waals surface area contributed by atoms with Crippen LogP contribution < -0.4 is 20.1 Å². The molecule has 1 amide bonds. The van der Waals surface area contributed by atoms with Gasteiger partial charge in [0.05, 0.1) is 30.1 Å². The molecule has 0 aliphatic heterocycles. The third-order valence-electron chi connectivity index (χ3n) is 6.25. The van der Waals surface area contributed by atoms with Crippen LogP contribution in [0.1, 0.15) is 32.3 Å². The minimum absolute atomic E-state index is 0.130. The Bertz CT molecular complexity index is 1610. The third kappa shape index (κ3) is 7.79. The molecule has 3 N–H and O–H groups in total. The number of carbonyl (C=O) groups is 1. The van der Waals surface area contributed by atoms with Gasteiger partial charge in [0, 0.05) is 25.2 Å². The van der Waals surface area contributed by atoms with E-state index in [9.17, 15) is 13.2 Å². The lowest BCUT2D eigenvalue weighted by Crippen LogP contribution is -2.26. The molecule has 12 nitrogen and oxygen atoms in total. The second kappa shape index (κ2) is 13.7. The van der Waals surface area contributed by atoms with E-state index >= 15 is 0 Å². The SMILES string of the molecule is CC(C)COc1nc(N)c2ncn(CCCCOC(=O)NCc3ccc(S(=O)(=O)N(C)c4ccc(Cl)cc4)cc3)c2n1. The molecular weight excluding hydrogens is 582 g/mol. The Balaban J connectivity index is 1.20. The van der Waals surface area contributed by atoms with Gasteiger partial charge in [-0.1, -0.05) is 37.6 Å². The van der Waals surface area contributed by atoms with Gasteiger partial charge in [0.1, 0.15) is 5.52 Å². The summed E-state index contributed by atoms with van der Waals surface area (Å²) in [6, 6.07) is 13.0.